The van der Waals surface area contributed by atoms with Gasteiger partial charge in [0.15, 0.2) is 0 Å². The van der Waals surface area contributed by atoms with E-state index in [-0.39, 0.29) is 6.09 Å². The van der Waals surface area contributed by atoms with Crippen molar-refractivity contribution >= 4 is 6.09 Å². The number of carbonyl (C=O) groups excluding carboxylic acids is 1. The van der Waals surface area contributed by atoms with Crippen LogP contribution in [0.15, 0.2) is 60.7 Å². The summed E-state index contributed by atoms with van der Waals surface area (Å²) in [6.07, 6.45) is 4.80. The van der Waals surface area contributed by atoms with Crippen molar-refractivity contribution in [3.05, 3.63) is 71.8 Å². The zero-order valence-corrected chi connectivity index (χ0v) is 19.4. The van der Waals surface area contributed by atoms with Gasteiger partial charge in [-0.1, -0.05) is 60.7 Å². The number of hydrogen-bond donors (Lipinski definition) is 0. The summed E-state index contributed by atoms with van der Waals surface area (Å²) in [5.74, 6) is 0. The number of amides is 1. The van der Waals surface area contributed by atoms with Crippen LogP contribution in [-0.2, 0) is 17.8 Å². The zero-order chi connectivity index (χ0) is 22.2. The van der Waals surface area contributed by atoms with Gasteiger partial charge in [-0.15, -0.1) is 0 Å². The van der Waals surface area contributed by atoms with Gasteiger partial charge in [-0.2, -0.15) is 0 Å². The first-order valence-corrected chi connectivity index (χ1v) is 12.2. The second-order valence-electron chi connectivity index (χ2n) is 9.06. The lowest BCUT2D eigenvalue weighted by atomic mass is 9.88. The number of hydrogen-bond acceptors (Lipinski definition) is 4. The molecule has 2 fully saturated rings. The monoisotopic (exact) mass is 435 g/mol. The van der Waals surface area contributed by atoms with E-state index in [2.05, 4.69) is 70.5 Å². The van der Waals surface area contributed by atoms with Gasteiger partial charge in [0.1, 0.15) is 0 Å². The number of piperazine rings is 1. The van der Waals surface area contributed by atoms with Crippen LogP contribution >= 0.6 is 0 Å². The van der Waals surface area contributed by atoms with E-state index in [1.54, 1.807) is 0 Å². The summed E-state index contributed by atoms with van der Waals surface area (Å²) in [6, 6.07) is 23.0. The number of carbonyl (C=O) groups is 1. The summed E-state index contributed by atoms with van der Waals surface area (Å²) in [5, 5.41) is 0. The third-order valence-corrected chi connectivity index (χ3v) is 7.00. The van der Waals surface area contributed by atoms with Crippen molar-refractivity contribution in [2.45, 2.75) is 57.8 Å². The number of ether oxygens (including phenoxy) is 1. The van der Waals surface area contributed by atoms with Crippen LogP contribution < -0.4 is 0 Å². The molecule has 32 heavy (non-hydrogen) atoms. The van der Waals surface area contributed by atoms with Crippen molar-refractivity contribution in [1.82, 2.24) is 14.7 Å². The molecule has 1 aliphatic carbocycles. The van der Waals surface area contributed by atoms with E-state index in [4.69, 9.17) is 4.74 Å². The van der Waals surface area contributed by atoms with E-state index in [0.29, 0.717) is 18.7 Å². The van der Waals surface area contributed by atoms with Crippen molar-refractivity contribution in [3.63, 3.8) is 0 Å². The lowest BCUT2D eigenvalue weighted by molar-refractivity contribution is 0.0435. The van der Waals surface area contributed by atoms with Crippen LogP contribution in [0.5, 0.6) is 0 Å². The fraction of sp³-hybridized carbons (Fsp3) is 0.519. The second-order valence-corrected chi connectivity index (χ2v) is 9.06. The van der Waals surface area contributed by atoms with Crippen molar-refractivity contribution in [2.24, 2.45) is 0 Å². The van der Waals surface area contributed by atoms with E-state index in [9.17, 15) is 4.79 Å². The van der Waals surface area contributed by atoms with Gasteiger partial charge in [0.2, 0.25) is 0 Å². The van der Waals surface area contributed by atoms with E-state index >= 15 is 0 Å². The van der Waals surface area contributed by atoms with E-state index in [1.165, 1.54) is 36.8 Å². The molecule has 172 valence electrons. The Bertz CT molecular complexity index is 772. The fourth-order valence-electron chi connectivity index (χ4n) is 5.22. The summed E-state index contributed by atoms with van der Waals surface area (Å²) in [5.41, 5.74) is 2.78. The van der Waals surface area contributed by atoms with Crippen molar-refractivity contribution < 1.29 is 9.53 Å². The topological polar surface area (TPSA) is 36.0 Å². The molecule has 5 nitrogen and oxygen atoms in total. The summed E-state index contributed by atoms with van der Waals surface area (Å²) in [6.45, 7) is 7.82. The van der Waals surface area contributed by atoms with Gasteiger partial charge in [0.05, 0.1) is 6.61 Å². The van der Waals surface area contributed by atoms with Crippen LogP contribution in [0.1, 0.15) is 43.7 Å². The predicted octanol–water partition coefficient (Wildman–Crippen LogP) is 4.77. The maximum atomic E-state index is 12.0. The average Bonchev–Trinajstić information content (AvgIpc) is 2.85. The van der Waals surface area contributed by atoms with Crippen LogP contribution in [0.2, 0.25) is 0 Å². The Morgan fingerprint density at radius 1 is 0.844 bits per heavy atom. The Hall–Kier alpha value is -2.37. The molecule has 1 saturated carbocycles. The molecule has 0 atom stereocenters. The zero-order valence-electron chi connectivity index (χ0n) is 19.4. The molecule has 0 N–H and O–H groups in total. The van der Waals surface area contributed by atoms with Gasteiger partial charge >= 0.3 is 6.09 Å². The van der Waals surface area contributed by atoms with Crippen LogP contribution in [-0.4, -0.2) is 65.7 Å². The second kappa shape index (κ2) is 11.5. The van der Waals surface area contributed by atoms with E-state index in [1.807, 2.05) is 11.8 Å². The first-order chi connectivity index (χ1) is 15.7. The summed E-state index contributed by atoms with van der Waals surface area (Å²) in [4.78, 5) is 19.1. The molecule has 1 heterocycles. The van der Waals surface area contributed by atoms with Gasteiger partial charge in [-0.05, 0) is 43.7 Å². The quantitative estimate of drug-likeness (QED) is 0.627. The normalized spacial score (nSPS) is 22.1. The molecule has 2 aromatic carbocycles. The minimum Gasteiger partial charge on any atom is -0.450 e. The van der Waals surface area contributed by atoms with Gasteiger partial charge in [-0.3, -0.25) is 9.80 Å². The van der Waals surface area contributed by atoms with Crippen molar-refractivity contribution in [3.8, 4) is 0 Å². The molecular formula is C27H37N3O2. The fourth-order valence-corrected chi connectivity index (χ4v) is 5.22. The van der Waals surface area contributed by atoms with Crippen molar-refractivity contribution in [1.29, 1.82) is 0 Å². The summed E-state index contributed by atoms with van der Waals surface area (Å²) < 4.78 is 5.16. The highest BCUT2D eigenvalue weighted by molar-refractivity contribution is 5.67. The molecule has 2 aliphatic rings. The molecule has 4 rings (SSSR count). The molecule has 5 heteroatoms. The molecule has 1 saturated heterocycles. The first-order valence-electron chi connectivity index (χ1n) is 12.2. The van der Waals surface area contributed by atoms with Crippen LogP contribution in [0.3, 0.4) is 0 Å². The van der Waals surface area contributed by atoms with Gasteiger partial charge in [0.25, 0.3) is 0 Å². The maximum absolute atomic E-state index is 12.0. The van der Waals surface area contributed by atoms with Gasteiger partial charge in [0, 0.05) is 51.4 Å². The molecule has 0 aromatic heterocycles. The smallest absolute Gasteiger partial charge is 0.409 e. The predicted molar refractivity (Wildman–Crippen MR) is 128 cm³/mol. The highest BCUT2D eigenvalue weighted by Gasteiger charge is 2.31. The largest absolute Gasteiger partial charge is 0.450 e. The molecule has 2 aromatic rings. The average molecular weight is 436 g/mol. The van der Waals surface area contributed by atoms with Crippen LogP contribution in [0.25, 0.3) is 0 Å². The molecule has 1 amide bonds. The van der Waals surface area contributed by atoms with Gasteiger partial charge in [-0.25, -0.2) is 4.79 Å². The number of rotatable bonds is 7. The molecule has 0 radical (unpaired) electrons. The van der Waals surface area contributed by atoms with E-state index < -0.39 is 0 Å². The summed E-state index contributed by atoms with van der Waals surface area (Å²) in [7, 11) is 0. The lowest BCUT2D eigenvalue weighted by Gasteiger charge is -2.43. The van der Waals surface area contributed by atoms with Gasteiger partial charge < -0.3 is 9.64 Å². The first kappa shape index (κ1) is 22.8. The third kappa shape index (κ3) is 6.11. The Balaban J connectivity index is 1.32. The molecule has 0 unspecified atom stereocenters. The molecular weight excluding hydrogens is 398 g/mol. The standard InChI is InChI=1S/C27H37N3O2/c1-2-32-27(31)29-19-17-28(18-20-29)25-13-15-26(16-14-25)30(21-23-9-5-3-6-10-23)22-24-11-7-4-8-12-24/h3-12,25-26H,2,13-22H2,1H3/t25-,26+. The SMILES string of the molecule is CCOC(=O)N1CCN([C@H]2CC[C@@H](N(Cc3ccccc3)Cc3ccccc3)CC2)CC1. The third-order valence-electron chi connectivity index (χ3n) is 7.00. The van der Waals surface area contributed by atoms with Crippen LogP contribution in [0.4, 0.5) is 4.79 Å². The molecule has 0 spiro atoms. The maximum Gasteiger partial charge on any atom is 0.409 e. The highest BCUT2D eigenvalue weighted by atomic mass is 16.6. The Kier molecular flexibility index (Phi) is 8.18. The Morgan fingerprint density at radius 3 is 1.88 bits per heavy atom. The Labute approximate surface area is 193 Å². The minimum atomic E-state index is -0.159. The molecule has 0 bridgehead atoms. The number of nitrogens with zero attached hydrogens (tertiary/aromatic N) is 3. The van der Waals surface area contributed by atoms with Crippen molar-refractivity contribution in [2.75, 3.05) is 32.8 Å². The van der Waals surface area contributed by atoms with Crippen LogP contribution in [0, 0.1) is 0 Å². The molecule has 1 aliphatic heterocycles. The minimum absolute atomic E-state index is 0.159. The lowest BCUT2D eigenvalue weighted by Crippen LogP contribution is -2.53. The van der Waals surface area contributed by atoms with E-state index in [0.717, 1.165) is 39.3 Å². The number of benzene rings is 2. The summed E-state index contributed by atoms with van der Waals surface area (Å²) >= 11 is 0. The highest BCUT2D eigenvalue weighted by Crippen LogP contribution is 2.29. The Morgan fingerprint density at radius 2 is 1.38 bits per heavy atom.